The van der Waals surface area contributed by atoms with E-state index in [0.29, 0.717) is 27.1 Å². The van der Waals surface area contributed by atoms with E-state index in [1.807, 2.05) is 0 Å². The number of benzene rings is 2. The fourth-order valence-corrected chi connectivity index (χ4v) is 2.66. The van der Waals surface area contributed by atoms with E-state index in [-0.39, 0.29) is 17.4 Å². The van der Waals surface area contributed by atoms with Gasteiger partial charge in [-0.2, -0.15) is 0 Å². The molecule has 0 fully saturated rings. The number of hydrogen-bond donors (Lipinski definition) is 4. The Morgan fingerprint density at radius 1 is 1.00 bits per heavy atom. The highest BCUT2D eigenvalue weighted by Gasteiger charge is 2.11. The van der Waals surface area contributed by atoms with Gasteiger partial charge in [-0.25, -0.2) is 9.97 Å². The van der Waals surface area contributed by atoms with Gasteiger partial charge in [0.15, 0.2) is 11.6 Å². The number of carbonyl (C=O) groups is 1. The van der Waals surface area contributed by atoms with Crippen molar-refractivity contribution >= 4 is 68.0 Å². The van der Waals surface area contributed by atoms with Crippen LogP contribution in [0.3, 0.4) is 0 Å². The van der Waals surface area contributed by atoms with Crippen molar-refractivity contribution in [3.63, 3.8) is 0 Å². The summed E-state index contributed by atoms with van der Waals surface area (Å²) in [5.74, 6) is 0.265. The molecule has 1 amide bonds. The first-order valence-electron chi connectivity index (χ1n) is 7.58. The van der Waals surface area contributed by atoms with Gasteiger partial charge in [0.05, 0.1) is 10.0 Å². The lowest BCUT2D eigenvalue weighted by Gasteiger charge is -2.13. The van der Waals surface area contributed by atoms with Gasteiger partial charge in [0.1, 0.15) is 12.0 Å². The van der Waals surface area contributed by atoms with Gasteiger partial charge in [0.25, 0.3) is 5.91 Å². The Bertz CT molecular complexity index is 984. The zero-order valence-electron chi connectivity index (χ0n) is 13.6. The predicted molar refractivity (Wildman–Crippen MR) is 111 cm³/mol. The van der Waals surface area contributed by atoms with Crippen molar-refractivity contribution in [2.45, 2.75) is 0 Å². The summed E-state index contributed by atoms with van der Waals surface area (Å²) in [4.78, 5) is 20.3. The highest BCUT2D eigenvalue weighted by Crippen LogP contribution is 2.29. The van der Waals surface area contributed by atoms with Crippen LogP contribution in [0.4, 0.5) is 23.0 Å². The number of amides is 1. The maximum Gasteiger partial charge on any atom is 0.269 e. The van der Waals surface area contributed by atoms with Crippen LogP contribution in [0.2, 0.25) is 10.0 Å². The third-order valence-corrected chi connectivity index (χ3v) is 4.73. The molecule has 0 aliphatic heterocycles. The number of carbonyl (C=O) groups excluding carboxylic acids is 1. The number of nitrogens with zero attached hydrogens (tertiary/aromatic N) is 2. The van der Waals surface area contributed by atoms with Gasteiger partial charge in [0, 0.05) is 15.7 Å². The van der Waals surface area contributed by atoms with Gasteiger partial charge in [0.2, 0.25) is 0 Å². The minimum Gasteiger partial charge on any atom is -0.393 e. The third-order valence-electron chi connectivity index (χ3n) is 3.47. The monoisotopic (exact) mass is 466 g/mol. The molecular formula is C17H13BrCl2N6O. The number of rotatable bonds is 5. The van der Waals surface area contributed by atoms with Crippen LogP contribution >= 0.6 is 39.1 Å². The molecule has 3 rings (SSSR count). The van der Waals surface area contributed by atoms with Gasteiger partial charge < -0.3 is 11.1 Å². The first-order valence-corrected chi connectivity index (χ1v) is 9.13. The van der Waals surface area contributed by atoms with Crippen LogP contribution in [-0.4, -0.2) is 15.9 Å². The van der Waals surface area contributed by atoms with Crippen LogP contribution in [-0.2, 0) is 0 Å². The Balaban J connectivity index is 1.71. The molecule has 10 heteroatoms. The predicted octanol–water partition coefficient (Wildman–Crippen LogP) is 4.63. The molecule has 0 radical (unpaired) electrons. The fourth-order valence-electron chi connectivity index (χ4n) is 2.09. The third kappa shape index (κ3) is 4.79. The summed E-state index contributed by atoms with van der Waals surface area (Å²) in [6.07, 6.45) is 1.31. The summed E-state index contributed by atoms with van der Waals surface area (Å²) in [5, 5.41) is 3.87. The van der Waals surface area contributed by atoms with Crippen molar-refractivity contribution in [2.24, 2.45) is 0 Å². The van der Waals surface area contributed by atoms with Crippen molar-refractivity contribution in [3.05, 3.63) is 68.9 Å². The van der Waals surface area contributed by atoms with Crippen LogP contribution in [0, 0.1) is 0 Å². The van der Waals surface area contributed by atoms with E-state index in [0.717, 1.165) is 4.47 Å². The molecule has 3 aromatic rings. The highest BCUT2D eigenvalue weighted by molar-refractivity contribution is 9.10. The van der Waals surface area contributed by atoms with Gasteiger partial charge in [-0.15, -0.1) is 0 Å². The van der Waals surface area contributed by atoms with Crippen molar-refractivity contribution in [3.8, 4) is 0 Å². The minimum atomic E-state index is -0.334. The number of hydrazine groups is 1. The fraction of sp³-hybridized carbons (Fsp3) is 0. The van der Waals surface area contributed by atoms with E-state index in [9.17, 15) is 4.79 Å². The molecule has 7 nitrogen and oxygen atoms in total. The molecule has 1 aromatic heterocycles. The SMILES string of the molecule is Nc1c(NNC(=O)c2ccc(Br)cc2)ncnc1Nc1ccc(Cl)c(Cl)c1. The van der Waals surface area contributed by atoms with Crippen molar-refractivity contribution < 1.29 is 4.79 Å². The topological polar surface area (TPSA) is 105 Å². The van der Waals surface area contributed by atoms with Crippen LogP contribution in [0.1, 0.15) is 10.4 Å². The van der Waals surface area contributed by atoms with Gasteiger partial charge >= 0.3 is 0 Å². The molecule has 0 bridgehead atoms. The standard InChI is InChI=1S/C17H13BrCl2N6O/c18-10-3-1-9(2-4-10)17(27)26-25-16-14(21)15(22-8-23-16)24-11-5-6-12(19)13(20)7-11/h1-8H,21H2,(H,26,27)(H2,22,23,24,25). The molecular weight excluding hydrogens is 455 g/mol. The molecule has 27 heavy (non-hydrogen) atoms. The number of nitrogen functional groups attached to an aromatic ring is 1. The lowest BCUT2D eigenvalue weighted by atomic mass is 10.2. The maximum absolute atomic E-state index is 12.2. The number of nitrogens with one attached hydrogen (secondary N) is 3. The second-order valence-corrected chi connectivity index (χ2v) is 7.05. The van der Waals surface area contributed by atoms with Crippen LogP contribution in [0.25, 0.3) is 0 Å². The summed E-state index contributed by atoms with van der Waals surface area (Å²) in [6.45, 7) is 0. The zero-order chi connectivity index (χ0) is 19.4. The number of aromatic nitrogens is 2. The maximum atomic E-state index is 12.2. The second-order valence-electron chi connectivity index (χ2n) is 5.32. The summed E-state index contributed by atoms with van der Waals surface area (Å²) in [5.41, 5.74) is 12.7. The Morgan fingerprint density at radius 3 is 2.41 bits per heavy atom. The molecule has 138 valence electrons. The quantitative estimate of drug-likeness (QED) is 0.408. The average Bonchev–Trinajstić information content (AvgIpc) is 2.66. The Morgan fingerprint density at radius 2 is 1.70 bits per heavy atom. The van der Waals surface area contributed by atoms with Crippen LogP contribution in [0.5, 0.6) is 0 Å². The minimum absolute atomic E-state index is 0.222. The van der Waals surface area contributed by atoms with E-state index in [4.69, 9.17) is 28.9 Å². The molecule has 0 saturated heterocycles. The van der Waals surface area contributed by atoms with Crippen molar-refractivity contribution in [1.29, 1.82) is 0 Å². The second kappa shape index (κ2) is 8.43. The van der Waals surface area contributed by atoms with E-state index < -0.39 is 0 Å². The summed E-state index contributed by atoms with van der Waals surface area (Å²) >= 11 is 15.2. The lowest BCUT2D eigenvalue weighted by molar-refractivity contribution is 0.0962. The lowest BCUT2D eigenvalue weighted by Crippen LogP contribution is -2.30. The Labute approximate surface area is 173 Å². The molecule has 0 atom stereocenters. The zero-order valence-corrected chi connectivity index (χ0v) is 16.7. The molecule has 0 aliphatic rings. The van der Waals surface area contributed by atoms with Gasteiger partial charge in [-0.05, 0) is 42.5 Å². The summed E-state index contributed by atoms with van der Waals surface area (Å²) < 4.78 is 0.880. The average molecular weight is 468 g/mol. The van der Waals surface area contributed by atoms with Crippen molar-refractivity contribution in [1.82, 2.24) is 15.4 Å². The number of halogens is 3. The summed E-state index contributed by atoms with van der Waals surface area (Å²) in [6, 6.07) is 11.9. The highest BCUT2D eigenvalue weighted by atomic mass is 79.9. The van der Waals surface area contributed by atoms with E-state index in [1.54, 1.807) is 42.5 Å². The van der Waals surface area contributed by atoms with Crippen LogP contribution < -0.4 is 21.9 Å². The Kier molecular flexibility index (Phi) is 6.00. The number of hydrogen-bond acceptors (Lipinski definition) is 6. The molecule has 0 spiro atoms. The Hall–Kier alpha value is -2.55. The molecule has 0 aliphatic carbocycles. The molecule has 0 unspecified atom stereocenters. The van der Waals surface area contributed by atoms with Crippen LogP contribution in [0.15, 0.2) is 53.3 Å². The van der Waals surface area contributed by atoms with E-state index in [1.165, 1.54) is 6.33 Å². The van der Waals surface area contributed by atoms with E-state index in [2.05, 4.69) is 42.1 Å². The largest absolute Gasteiger partial charge is 0.393 e. The number of nitrogens with two attached hydrogens (primary N) is 1. The molecule has 5 N–H and O–H groups in total. The van der Waals surface area contributed by atoms with Crippen molar-refractivity contribution in [2.75, 3.05) is 16.5 Å². The first kappa shape index (κ1) is 19.2. The normalized spacial score (nSPS) is 10.3. The molecule has 2 aromatic carbocycles. The summed E-state index contributed by atoms with van der Waals surface area (Å²) in [7, 11) is 0. The van der Waals surface area contributed by atoms with E-state index >= 15 is 0 Å². The first-order chi connectivity index (χ1) is 12.9. The molecule has 0 saturated carbocycles. The smallest absolute Gasteiger partial charge is 0.269 e. The molecule has 1 heterocycles. The van der Waals surface area contributed by atoms with Gasteiger partial charge in [-0.1, -0.05) is 39.1 Å². The number of anilines is 4. The van der Waals surface area contributed by atoms with Gasteiger partial charge in [-0.3, -0.25) is 15.6 Å².